The minimum absolute atomic E-state index is 0.0134. The van der Waals surface area contributed by atoms with E-state index in [0.717, 1.165) is 56.4 Å². The zero-order chi connectivity index (χ0) is 43.8. The first-order valence-electron chi connectivity index (χ1n) is 22.1. The van der Waals surface area contributed by atoms with Crippen LogP contribution in [0.3, 0.4) is 0 Å². The Balaban J connectivity index is 0.827. The lowest BCUT2D eigenvalue weighted by atomic mass is 9.82. The van der Waals surface area contributed by atoms with Crippen LogP contribution in [-0.4, -0.2) is 87.9 Å². The maximum atomic E-state index is 14.0. The fourth-order valence-corrected chi connectivity index (χ4v) is 9.09. The molecule has 0 unspecified atom stereocenters. The van der Waals surface area contributed by atoms with Gasteiger partial charge in [-0.25, -0.2) is 4.79 Å². The van der Waals surface area contributed by atoms with Gasteiger partial charge >= 0.3 is 5.97 Å². The van der Waals surface area contributed by atoms with Gasteiger partial charge in [0.05, 0.1) is 18.2 Å². The Hall–Kier alpha value is -6.11. The van der Waals surface area contributed by atoms with Gasteiger partial charge in [-0.15, -0.1) is 0 Å². The Morgan fingerprint density at radius 2 is 1.48 bits per heavy atom. The second-order valence-corrected chi connectivity index (χ2v) is 17.0. The number of amides is 1. The van der Waals surface area contributed by atoms with E-state index in [4.69, 9.17) is 4.74 Å². The summed E-state index contributed by atoms with van der Waals surface area (Å²) in [7, 11) is 0. The van der Waals surface area contributed by atoms with Crippen molar-refractivity contribution < 1.29 is 29.6 Å². The smallest absolute Gasteiger partial charge is 0.347 e. The van der Waals surface area contributed by atoms with Crippen LogP contribution in [-0.2, 0) is 28.1 Å². The number of pyridine rings is 1. The number of phenolic OH excluding ortho intramolecular Hbond substituents is 1. The number of likely N-dealkylation sites (tertiary alicyclic amines) is 2. The number of nitrogens with zero attached hydrogens (tertiary/aromatic N) is 2. The molecule has 8 rings (SSSR count). The van der Waals surface area contributed by atoms with Crippen molar-refractivity contribution in [3.63, 3.8) is 0 Å². The number of benzene rings is 5. The molecule has 0 saturated carbocycles. The van der Waals surface area contributed by atoms with Crippen molar-refractivity contribution in [1.29, 1.82) is 0 Å². The predicted octanol–water partition coefficient (Wildman–Crippen LogP) is 6.81. The molecule has 2 fully saturated rings. The number of ether oxygens (including phenoxy) is 1. The molecule has 2 saturated heterocycles. The highest BCUT2D eigenvalue weighted by molar-refractivity contribution is 5.94. The number of esters is 1. The van der Waals surface area contributed by atoms with Gasteiger partial charge in [0.15, 0.2) is 0 Å². The van der Waals surface area contributed by atoms with Crippen molar-refractivity contribution in [2.24, 2.45) is 5.92 Å². The number of piperidine rings is 2. The Labute approximate surface area is 368 Å². The summed E-state index contributed by atoms with van der Waals surface area (Å²) in [5.41, 5.74) is 3.54. The Morgan fingerprint density at radius 3 is 2.21 bits per heavy atom. The molecule has 3 heterocycles. The molecule has 11 nitrogen and oxygen atoms in total. The first kappa shape index (κ1) is 43.5. The van der Waals surface area contributed by atoms with Gasteiger partial charge in [-0.3, -0.25) is 14.5 Å². The highest BCUT2D eigenvalue weighted by atomic mass is 16.5. The number of phenols is 1. The summed E-state index contributed by atoms with van der Waals surface area (Å²) >= 11 is 0. The average molecular weight is 849 g/mol. The lowest BCUT2D eigenvalue weighted by Crippen LogP contribution is -2.41. The summed E-state index contributed by atoms with van der Waals surface area (Å²) in [5.74, 6) is -0.355. The molecule has 0 bridgehead atoms. The number of hydrogen-bond donors (Lipinski definition) is 5. The second-order valence-electron chi connectivity index (χ2n) is 17.0. The van der Waals surface area contributed by atoms with Gasteiger partial charge in [-0.2, -0.15) is 0 Å². The maximum absolute atomic E-state index is 14.0. The van der Waals surface area contributed by atoms with E-state index in [9.17, 15) is 29.7 Å². The lowest BCUT2D eigenvalue weighted by molar-refractivity contribution is -0.164. The summed E-state index contributed by atoms with van der Waals surface area (Å²) in [5, 5.41) is 37.2. The Morgan fingerprint density at radius 1 is 0.778 bits per heavy atom. The molecule has 5 N–H and O–H groups in total. The first-order chi connectivity index (χ1) is 30.7. The molecule has 326 valence electrons. The Kier molecular flexibility index (Phi) is 13.8. The van der Waals surface area contributed by atoms with E-state index in [1.54, 1.807) is 30.3 Å². The minimum atomic E-state index is -1.97. The van der Waals surface area contributed by atoms with Crippen LogP contribution >= 0.6 is 0 Å². The first-order valence-corrected chi connectivity index (χ1v) is 22.1. The van der Waals surface area contributed by atoms with E-state index in [1.807, 2.05) is 71.6 Å². The number of hydrogen-bond acceptors (Lipinski definition) is 9. The fourth-order valence-electron chi connectivity index (χ4n) is 9.09. The highest BCUT2D eigenvalue weighted by Gasteiger charge is 2.42. The van der Waals surface area contributed by atoms with E-state index < -0.39 is 17.7 Å². The number of carbonyl (C=O) groups excluding carboxylic acids is 2. The van der Waals surface area contributed by atoms with Crippen LogP contribution in [0.15, 0.2) is 138 Å². The number of nitrogens with one attached hydrogen (secondary N) is 2. The number of H-pyrrole nitrogens is 1. The number of aliphatic hydroxyl groups excluding tert-OH is 1. The number of fused-ring (bicyclic) bond motifs is 1. The quantitative estimate of drug-likeness (QED) is 0.0554. The van der Waals surface area contributed by atoms with Crippen molar-refractivity contribution in [1.82, 2.24) is 20.1 Å². The van der Waals surface area contributed by atoms with E-state index >= 15 is 0 Å². The van der Waals surface area contributed by atoms with Gasteiger partial charge in [0.25, 0.3) is 5.91 Å². The van der Waals surface area contributed by atoms with E-state index in [-0.39, 0.29) is 42.2 Å². The molecule has 2 aliphatic rings. The number of rotatable bonds is 15. The molecule has 1 amide bonds. The van der Waals surface area contributed by atoms with E-state index in [0.29, 0.717) is 59.2 Å². The zero-order valence-corrected chi connectivity index (χ0v) is 35.5. The van der Waals surface area contributed by atoms with E-state index in [2.05, 4.69) is 39.5 Å². The number of aromatic nitrogens is 1. The van der Waals surface area contributed by atoms with Gasteiger partial charge in [0, 0.05) is 43.2 Å². The van der Waals surface area contributed by atoms with Crippen molar-refractivity contribution in [2.75, 3.05) is 45.9 Å². The molecule has 5 aromatic carbocycles. The van der Waals surface area contributed by atoms with Crippen LogP contribution in [0.1, 0.15) is 81.4 Å². The van der Waals surface area contributed by atoms with Gasteiger partial charge in [0.2, 0.25) is 11.2 Å². The molecule has 11 heteroatoms. The zero-order valence-electron chi connectivity index (χ0n) is 35.5. The molecule has 2 atom stereocenters. The van der Waals surface area contributed by atoms with Crippen LogP contribution in [0, 0.1) is 5.92 Å². The third-order valence-electron chi connectivity index (χ3n) is 12.8. The number of carbonyl (C=O) groups is 2. The third-order valence-corrected chi connectivity index (χ3v) is 12.8. The Bertz CT molecular complexity index is 2530. The summed E-state index contributed by atoms with van der Waals surface area (Å²) < 4.78 is 5.97. The molecule has 1 aromatic heterocycles. The molecule has 0 aliphatic carbocycles. The van der Waals surface area contributed by atoms with Crippen molar-refractivity contribution in [3.8, 4) is 5.75 Å². The predicted molar refractivity (Wildman–Crippen MR) is 243 cm³/mol. The third kappa shape index (κ3) is 10.2. The summed E-state index contributed by atoms with van der Waals surface area (Å²) in [6.45, 7) is 5.09. The van der Waals surface area contributed by atoms with Gasteiger partial charge in [-0.1, -0.05) is 103 Å². The lowest BCUT2D eigenvalue weighted by Gasteiger charge is -2.34. The van der Waals surface area contributed by atoms with Gasteiger partial charge in [0.1, 0.15) is 5.75 Å². The molecule has 6 aromatic rings. The molecular weight excluding hydrogens is 793 g/mol. The van der Waals surface area contributed by atoms with Gasteiger partial charge < -0.3 is 35.3 Å². The largest absolute Gasteiger partial charge is 0.506 e. The average Bonchev–Trinajstić information content (AvgIpc) is 3.33. The van der Waals surface area contributed by atoms with Crippen LogP contribution in [0.2, 0.25) is 0 Å². The van der Waals surface area contributed by atoms with Crippen LogP contribution in [0.25, 0.3) is 10.9 Å². The minimum Gasteiger partial charge on any atom is -0.506 e. The second kappa shape index (κ2) is 19.9. The molecule has 63 heavy (non-hydrogen) atoms. The SMILES string of the molecule is O=C(c1ccc(CCNC[C@H](O)c2ccc(O)c3[nH]c(=O)ccc23)cc1)N1CCC(c2cccc([C@](O)(C(=O)OCC3CCN(Cc4ccccc4)CC3)c3ccccc3)c2)CC1. The fraction of sp³-hybridized carbons (Fsp3) is 0.327. The standard InChI is InChI=1S/C52H56N4O7/c57-46-20-18-44(45-19-21-48(59)54-49(45)46)47(58)33-53-27-22-36-14-16-40(17-15-36)50(60)56-30-25-39(26-31-56)41-10-7-13-43(32-41)52(62,42-11-5-2-6-12-42)51(61)63-35-38-23-28-55(29-24-38)34-37-8-3-1-4-9-37/h1-21,32,38-39,47,53,57-58,62H,22-31,33-35H2,(H,54,59)/t47-,52-/m0/s1. The molecular formula is C52H56N4O7. The van der Waals surface area contributed by atoms with Crippen molar-refractivity contribution in [2.45, 2.75) is 56.3 Å². The van der Waals surface area contributed by atoms with Crippen molar-refractivity contribution >= 4 is 22.8 Å². The van der Waals surface area contributed by atoms with Crippen LogP contribution in [0.4, 0.5) is 0 Å². The molecule has 0 radical (unpaired) electrons. The van der Waals surface area contributed by atoms with Crippen LogP contribution < -0.4 is 10.9 Å². The molecule has 2 aliphatic heterocycles. The number of aromatic hydroxyl groups is 1. The maximum Gasteiger partial charge on any atom is 0.347 e. The summed E-state index contributed by atoms with van der Waals surface area (Å²) in [6.07, 6.45) is 3.20. The summed E-state index contributed by atoms with van der Waals surface area (Å²) in [6, 6.07) is 40.9. The van der Waals surface area contributed by atoms with Crippen molar-refractivity contribution in [3.05, 3.63) is 183 Å². The van der Waals surface area contributed by atoms with E-state index in [1.165, 1.54) is 17.7 Å². The highest BCUT2D eigenvalue weighted by Crippen LogP contribution is 2.36. The van der Waals surface area contributed by atoms with Crippen LogP contribution in [0.5, 0.6) is 5.75 Å². The molecule has 0 spiro atoms. The summed E-state index contributed by atoms with van der Waals surface area (Å²) in [4.78, 5) is 46.3. The van der Waals surface area contributed by atoms with Gasteiger partial charge in [-0.05, 0) is 121 Å². The topological polar surface area (TPSA) is 155 Å². The number of aliphatic hydroxyl groups is 2. The number of aromatic amines is 1. The normalized spacial score (nSPS) is 16.7. The monoisotopic (exact) mass is 848 g/mol.